The van der Waals surface area contributed by atoms with Crippen molar-refractivity contribution in [3.05, 3.63) is 29.8 Å². The van der Waals surface area contributed by atoms with Gasteiger partial charge in [0, 0.05) is 12.1 Å². The molecule has 1 fully saturated rings. The monoisotopic (exact) mass is 375 g/mol. The molecule has 6 nitrogen and oxygen atoms in total. The van der Waals surface area contributed by atoms with E-state index in [9.17, 15) is 13.2 Å². The van der Waals surface area contributed by atoms with Crippen LogP contribution in [0.3, 0.4) is 0 Å². The Kier molecular flexibility index (Phi) is 7.66. The molecule has 0 aliphatic heterocycles. The van der Waals surface area contributed by atoms with Crippen LogP contribution in [0.25, 0.3) is 0 Å². The Morgan fingerprint density at radius 1 is 1.12 bits per heavy atom. The van der Waals surface area contributed by atoms with Crippen LogP contribution in [0.4, 0.5) is 5.69 Å². The number of nitrogens with two attached hydrogens (primary N) is 2. The number of primary sulfonamides is 1. The van der Waals surface area contributed by atoms with Crippen LogP contribution in [0.15, 0.2) is 24.3 Å². The molecule has 2 rings (SSSR count). The average Bonchev–Trinajstić information content (AvgIpc) is 2.48. The van der Waals surface area contributed by atoms with Crippen molar-refractivity contribution in [2.24, 2.45) is 16.3 Å². The number of carbonyl (C=O) groups is 1. The van der Waals surface area contributed by atoms with Gasteiger partial charge in [-0.05, 0) is 42.5 Å². The van der Waals surface area contributed by atoms with Crippen molar-refractivity contribution >= 4 is 34.0 Å². The van der Waals surface area contributed by atoms with Gasteiger partial charge in [0.15, 0.2) is 0 Å². The van der Waals surface area contributed by atoms with Gasteiger partial charge in [-0.3, -0.25) is 4.79 Å². The van der Waals surface area contributed by atoms with Gasteiger partial charge in [0.25, 0.3) is 0 Å². The van der Waals surface area contributed by atoms with Gasteiger partial charge in [-0.2, -0.15) is 0 Å². The van der Waals surface area contributed by atoms with E-state index < -0.39 is 10.0 Å². The molecule has 0 radical (unpaired) electrons. The fourth-order valence-corrected chi connectivity index (χ4v) is 3.87. The van der Waals surface area contributed by atoms with Gasteiger partial charge < -0.3 is 11.1 Å². The highest BCUT2D eigenvalue weighted by atomic mass is 35.5. The molecule has 1 saturated carbocycles. The predicted molar refractivity (Wildman–Crippen MR) is 98.3 cm³/mol. The molecule has 8 heteroatoms. The Labute approximate surface area is 149 Å². The van der Waals surface area contributed by atoms with Gasteiger partial charge >= 0.3 is 0 Å². The molecule has 1 amide bonds. The van der Waals surface area contributed by atoms with Crippen molar-refractivity contribution in [3.8, 4) is 0 Å². The van der Waals surface area contributed by atoms with E-state index in [1.807, 2.05) is 0 Å². The van der Waals surface area contributed by atoms with Crippen molar-refractivity contribution in [2.45, 2.75) is 44.3 Å². The number of carbonyl (C=O) groups excluding carboxylic acids is 1. The summed E-state index contributed by atoms with van der Waals surface area (Å²) < 4.78 is 22.1. The van der Waals surface area contributed by atoms with Crippen LogP contribution in [-0.2, 0) is 20.6 Å². The minimum absolute atomic E-state index is 0. The maximum absolute atomic E-state index is 12.3. The largest absolute Gasteiger partial charge is 0.330 e. The Balaban J connectivity index is 0.00000288. The van der Waals surface area contributed by atoms with Gasteiger partial charge in [-0.15, -0.1) is 12.4 Å². The highest BCUT2D eigenvalue weighted by molar-refractivity contribution is 7.88. The van der Waals surface area contributed by atoms with E-state index in [-0.39, 0.29) is 29.5 Å². The van der Waals surface area contributed by atoms with Crippen LogP contribution in [0.1, 0.15) is 44.1 Å². The molecule has 5 N–H and O–H groups in total. The van der Waals surface area contributed by atoms with Crippen molar-refractivity contribution in [3.63, 3.8) is 0 Å². The Hall–Kier alpha value is -1.15. The van der Waals surface area contributed by atoms with Crippen LogP contribution in [0.5, 0.6) is 0 Å². The van der Waals surface area contributed by atoms with Crippen LogP contribution in [0, 0.1) is 5.41 Å². The zero-order valence-electron chi connectivity index (χ0n) is 13.7. The lowest BCUT2D eigenvalue weighted by Crippen LogP contribution is -2.36. The first-order valence-corrected chi connectivity index (χ1v) is 9.63. The minimum Gasteiger partial charge on any atom is -0.330 e. The number of nitrogens with one attached hydrogen (secondary N) is 1. The second-order valence-electron chi connectivity index (χ2n) is 6.49. The Morgan fingerprint density at radius 2 is 1.71 bits per heavy atom. The first-order chi connectivity index (χ1) is 10.8. The second kappa shape index (κ2) is 8.80. The number of hydrogen-bond acceptors (Lipinski definition) is 4. The SMILES string of the molecule is Cl.NCC1(CC(=O)Nc2ccc(CS(N)(=O)=O)cc2)CCCCC1. The molecule has 136 valence electrons. The molecule has 1 aromatic rings. The standard InChI is InChI=1S/C16H25N3O3S.ClH/c17-12-16(8-2-1-3-9-16)10-15(20)19-14-6-4-13(5-7-14)11-23(18,21)22;/h4-7H,1-3,8-12,17H2,(H,19,20)(H2,18,21,22);1H. The van der Waals surface area contributed by atoms with Gasteiger partial charge in [0.2, 0.25) is 15.9 Å². The zero-order valence-corrected chi connectivity index (χ0v) is 15.3. The lowest BCUT2D eigenvalue weighted by Gasteiger charge is -2.35. The molecule has 0 saturated heterocycles. The molecule has 0 spiro atoms. The summed E-state index contributed by atoms with van der Waals surface area (Å²) in [5.74, 6) is -0.256. The molecule has 0 unspecified atom stereocenters. The van der Waals surface area contributed by atoms with Gasteiger partial charge in [0.1, 0.15) is 0 Å². The summed E-state index contributed by atoms with van der Waals surface area (Å²) in [7, 11) is -3.55. The summed E-state index contributed by atoms with van der Waals surface area (Å²) in [5, 5.41) is 7.87. The van der Waals surface area contributed by atoms with Crippen molar-refractivity contribution in [1.29, 1.82) is 0 Å². The maximum Gasteiger partial charge on any atom is 0.224 e. The van der Waals surface area contributed by atoms with Crippen molar-refractivity contribution < 1.29 is 13.2 Å². The minimum atomic E-state index is -3.55. The quantitative estimate of drug-likeness (QED) is 0.706. The number of anilines is 1. The van der Waals surface area contributed by atoms with Crippen LogP contribution >= 0.6 is 12.4 Å². The number of halogens is 1. The third kappa shape index (κ3) is 6.39. The van der Waals surface area contributed by atoms with Crippen molar-refractivity contribution in [1.82, 2.24) is 0 Å². The summed E-state index contributed by atoms with van der Waals surface area (Å²) in [5.41, 5.74) is 7.08. The third-order valence-electron chi connectivity index (χ3n) is 4.49. The summed E-state index contributed by atoms with van der Waals surface area (Å²) in [6.07, 6.45) is 5.92. The molecule has 0 aromatic heterocycles. The highest BCUT2D eigenvalue weighted by Crippen LogP contribution is 2.38. The molecule has 0 bridgehead atoms. The van der Waals surface area contributed by atoms with Crippen LogP contribution < -0.4 is 16.2 Å². The number of amides is 1. The van der Waals surface area contributed by atoms with Gasteiger partial charge in [0.05, 0.1) is 5.75 Å². The number of benzene rings is 1. The van der Waals surface area contributed by atoms with E-state index in [2.05, 4.69) is 5.32 Å². The Morgan fingerprint density at radius 3 is 2.21 bits per heavy atom. The second-order valence-corrected chi connectivity index (χ2v) is 8.11. The van der Waals surface area contributed by atoms with Crippen LogP contribution in [-0.4, -0.2) is 20.9 Å². The number of hydrogen-bond donors (Lipinski definition) is 3. The molecular formula is C16H26ClN3O3S. The van der Waals surface area contributed by atoms with E-state index in [0.717, 1.165) is 25.7 Å². The lowest BCUT2D eigenvalue weighted by atomic mass is 9.71. The lowest BCUT2D eigenvalue weighted by molar-refractivity contribution is -0.118. The fourth-order valence-electron chi connectivity index (χ4n) is 3.22. The molecule has 24 heavy (non-hydrogen) atoms. The molecule has 1 aliphatic rings. The smallest absolute Gasteiger partial charge is 0.224 e. The normalized spacial score (nSPS) is 16.9. The average molecular weight is 376 g/mol. The van der Waals surface area contributed by atoms with Gasteiger partial charge in [-0.1, -0.05) is 31.4 Å². The summed E-state index contributed by atoms with van der Waals surface area (Å²) in [4.78, 5) is 12.3. The third-order valence-corrected chi connectivity index (χ3v) is 5.22. The van der Waals surface area contributed by atoms with Crippen LogP contribution in [0.2, 0.25) is 0 Å². The summed E-state index contributed by atoms with van der Waals surface area (Å²) in [6, 6.07) is 6.68. The topological polar surface area (TPSA) is 115 Å². The van der Waals surface area contributed by atoms with E-state index in [4.69, 9.17) is 10.9 Å². The first-order valence-electron chi connectivity index (χ1n) is 7.91. The molecule has 0 atom stereocenters. The van der Waals surface area contributed by atoms with E-state index in [1.54, 1.807) is 24.3 Å². The summed E-state index contributed by atoms with van der Waals surface area (Å²) in [6.45, 7) is 0.535. The molecular weight excluding hydrogens is 350 g/mol. The van der Waals surface area contributed by atoms with Crippen molar-refractivity contribution in [2.75, 3.05) is 11.9 Å². The Bertz CT molecular complexity index is 641. The zero-order chi connectivity index (χ0) is 16.9. The molecule has 1 aliphatic carbocycles. The van der Waals surface area contributed by atoms with Gasteiger partial charge in [-0.25, -0.2) is 13.6 Å². The molecule has 1 aromatic carbocycles. The number of rotatable bonds is 6. The highest BCUT2D eigenvalue weighted by Gasteiger charge is 2.32. The maximum atomic E-state index is 12.3. The van der Waals surface area contributed by atoms with E-state index >= 15 is 0 Å². The predicted octanol–water partition coefficient (Wildman–Crippen LogP) is 2.13. The number of sulfonamides is 1. The van der Waals surface area contributed by atoms with E-state index in [0.29, 0.717) is 24.2 Å². The van der Waals surface area contributed by atoms with E-state index in [1.165, 1.54) is 6.42 Å². The first kappa shape index (κ1) is 20.9. The summed E-state index contributed by atoms with van der Waals surface area (Å²) >= 11 is 0. The molecule has 0 heterocycles. The fraction of sp³-hybridized carbons (Fsp3) is 0.562.